The minimum absolute atomic E-state index is 0.218. The lowest BCUT2D eigenvalue weighted by Crippen LogP contribution is -2.20. The lowest BCUT2D eigenvalue weighted by atomic mass is 10.1. The molecule has 0 amide bonds. The van der Waals surface area contributed by atoms with Gasteiger partial charge in [0.1, 0.15) is 18.2 Å². The average Bonchev–Trinajstić information content (AvgIpc) is 2.84. The highest BCUT2D eigenvalue weighted by Crippen LogP contribution is 2.22. The van der Waals surface area contributed by atoms with Gasteiger partial charge >= 0.3 is 0 Å². The van der Waals surface area contributed by atoms with Gasteiger partial charge in [-0.2, -0.15) is 9.78 Å². The minimum Gasteiger partial charge on any atom is -0.488 e. The van der Waals surface area contributed by atoms with E-state index < -0.39 is 0 Å². The smallest absolute Gasteiger partial charge is 0.282 e. The van der Waals surface area contributed by atoms with Crippen LogP contribution in [-0.4, -0.2) is 15.9 Å². The van der Waals surface area contributed by atoms with E-state index in [2.05, 4.69) is 50.3 Å². The zero-order chi connectivity index (χ0) is 22.8. The fourth-order valence-corrected chi connectivity index (χ4v) is 4.17. The highest BCUT2D eigenvalue weighted by Gasteiger charge is 2.09. The van der Waals surface area contributed by atoms with Crippen molar-refractivity contribution < 1.29 is 4.74 Å². The second-order valence-corrected chi connectivity index (χ2v) is 8.56. The van der Waals surface area contributed by atoms with Crippen LogP contribution in [0, 0.1) is 6.92 Å². The molecule has 33 heavy (non-hydrogen) atoms. The van der Waals surface area contributed by atoms with Gasteiger partial charge in [-0.15, -0.1) is 0 Å². The molecule has 0 unspecified atom stereocenters. The number of para-hydroxylation sites is 1. The quantitative estimate of drug-likeness (QED) is 0.276. The van der Waals surface area contributed by atoms with Crippen molar-refractivity contribution in [1.29, 1.82) is 0 Å². The summed E-state index contributed by atoms with van der Waals surface area (Å²) < 4.78 is 8.30. The fourth-order valence-electron chi connectivity index (χ4n) is 3.81. The SMILES string of the molecule is Cc1nc2ccc(Br)cc2c(=O)n1N=Cc1ccccc1OCc1cccc2ccccc12. The zero-order valence-corrected chi connectivity index (χ0v) is 19.5. The molecule has 5 rings (SSSR count). The Bertz CT molecular complexity index is 1570. The number of aryl methyl sites for hydroxylation is 1. The fraction of sp³-hybridized carbons (Fsp3) is 0.0741. The summed E-state index contributed by atoms with van der Waals surface area (Å²) in [5.41, 5.74) is 2.31. The first-order valence-corrected chi connectivity index (χ1v) is 11.3. The van der Waals surface area contributed by atoms with Crippen molar-refractivity contribution in [2.24, 2.45) is 5.10 Å². The lowest BCUT2D eigenvalue weighted by molar-refractivity contribution is 0.307. The van der Waals surface area contributed by atoms with Crippen molar-refractivity contribution in [1.82, 2.24) is 9.66 Å². The third kappa shape index (κ3) is 4.30. The Morgan fingerprint density at radius 2 is 1.76 bits per heavy atom. The molecule has 0 aliphatic rings. The van der Waals surface area contributed by atoms with Gasteiger partial charge in [0.15, 0.2) is 0 Å². The molecule has 1 aromatic heterocycles. The topological polar surface area (TPSA) is 56.5 Å². The van der Waals surface area contributed by atoms with Crippen LogP contribution < -0.4 is 10.3 Å². The van der Waals surface area contributed by atoms with Gasteiger partial charge in [-0.3, -0.25) is 4.79 Å². The molecule has 6 heteroatoms. The summed E-state index contributed by atoms with van der Waals surface area (Å²) in [6.07, 6.45) is 1.64. The van der Waals surface area contributed by atoms with Crippen LogP contribution in [0.2, 0.25) is 0 Å². The summed E-state index contributed by atoms with van der Waals surface area (Å²) in [6, 6.07) is 27.5. The molecular formula is C27H20BrN3O2. The van der Waals surface area contributed by atoms with Gasteiger partial charge in [0.05, 0.1) is 17.1 Å². The lowest BCUT2D eigenvalue weighted by Gasteiger charge is -2.11. The zero-order valence-electron chi connectivity index (χ0n) is 17.9. The molecule has 0 fully saturated rings. The molecule has 4 aromatic carbocycles. The average molecular weight is 498 g/mol. The predicted octanol–water partition coefficient (Wildman–Crippen LogP) is 6.08. The van der Waals surface area contributed by atoms with E-state index in [4.69, 9.17) is 4.74 Å². The van der Waals surface area contributed by atoms with Gasteiger partial charge in [-0.25, -0.2) is 4.98 Å². The van der Waals surface area contributed by atoms with Gasteiger partial charge in [0.25, 0.3) is 5.56 Å². The molecule has 0 bridgehead atoms. The number of hydrogen-bond donors (Lipinski definition) is 0. The second kappa shape index (κ2) is 9.00. The number of rotatable bonds is 5. The van der Waals surface area contributed by atoms with Crippen LogP contribution in [0.4, 0.5) is 0 Å². The van der Waals surface area contributed by atoms with Gasteiger partial charge in [0.2, 0.25) is 0 Å². The first-order valence-electron chi connectivity index (χ1n) is 10.5. The maximum atomic E-state index is 13.0. The number of benzene rings is 4. The maximum Gasteiger partial charge on any atom is 0.282 e. The van der Waals surface area contributed by atoms with Gasteiger partial charge in [-0.1, -0.05) is 70.5 Å². The largest absolute Gasteiger partial charge is 0.488 e. The van der Waals surface area contributed by atoms with Crippen molar-refractivity contribution >= 4 is 43.8 Å². The van der Waals surface area contributed by atoms with Crippen molar-refractivity contribution in [3.63, 3.8) is 0 Å². The molecule has 0 aliphatic heterocycles. The van der Waals surface area contributed by atoms with E-state index in [0.29, 0.717) is 29.1 Å². The summed E-state index contributed by atoms with van der Waals surface area (Å²) in [5, 5.41) is 7.30. The third-order valence-electron chi connectivity index (χ3n) is 5.46. The van der Waals surface area contributed by atoms with Crippen molar-refractivity contribution in [2.75, 3.05) is 0 Å². The molecule has 162 valence electrons. The normalized spacial score (nSPS) is 11.5. The summed E-state index contributed by atoms with van der Waals surface area (Å²) >= 11 is 3.42. The Hall–Kier alpha value is -3.77. The van der Waals surface area contributed by atoms with Crippen molar-refractivity contribution in [2.45, 2.75) is 13.5 Å². The van der Waals surface area contributed by atoms with E-state index in [9.17, 15) is 4.79 Å². The van der Waals surface area contributed by atoms with Crippen molar-refractivity contribution in [3.8, 4) is 5.75 Å². The van der Waals surface area contributed by atoms with Gasteiger partial charge in [0, 0.05) is 10.0 Å². The van der Waals surface area contributed by atoms with Crippen LogP contribution in [0.15, 0.2) is 99.3 Å². The molecule has 0 aliphatic carbocycles. The van der Waals surface area contributed by atoms with E-state index in [1.807, 2.05) is 54.6 Å². The number of ether oxygens (including phenoxy) is 1. The van der Waals surface area contributed by atoms with Crippen LogP contribution >= 0.6 is 15.9 Å². The van der Waals surface area contributed by atoms with E-state index in [1.165, 1.54) is 15.4 Å². The number of nitrogens with zero attached hydrogens (tertiary/aromatic N) is 3. The molecule has 0 N–H and O–H groups in total. The van der Waals surface area contributed by atoms with Crippen LogP contribution in [0.25, 0.3) is 21.7 Å². The molecule has 0 radical (unpaired) electrons. The van der Waals surface area contributed by atoms with E-state index >= 15 is 0 Å². The molecule has 1 heterocycles. The molecule has 0 saturated carbocycles. The van der Waals surface area contributed by atoms with Gasteiger partial charge < -0.3 is 4.74 Å². The number of fused-ring (bicyclic) bond motifs is 2. The molecule has 5 nitrogen and oxygen atoms in total. The Labute approximate surface area is 199 Å². The predicted molar refractivity (Wildman–Crippen MR) is 136 cm³/mol. The molecular weight excluding hydrogens is 478 g/mol. The van der Waals surface area contributed by atoms with Crippen LogP contribution in [-0.2, 0) is 6.61 Å². The highest BCUT2D eigenvalue weighted by molar-refractivity contribution is 9.10. The molecule has 5 aromatic rings. The standard InChI is InChI=1S/C27H20BrN3O2/c1-18-30-25-14-13-22(28)15-24(25)27(32)31(18)29-16-20-8-3-5-12-26(20)33-17-21-10-6-9-19-7-2-4-11-23(19)21/h2-16H,17H2,1H3. The number of hydrogen-bond acceptors (Lipinski definition) is 4. The summed E-state index contributed by atoms with van der Waals surface area (Å²) in [4.78, 5) is 17.5. The number of aromatic nitrogens is 2. The molecule has 0 atom stereocenters. The van der Waals surface area contributed by atoms with E-state index in [0.717, 1.165) is 15.6 Å². The summed E-state index contributed by atoms with van der Waals surface area (Å²) in [5.74, 6) is 1.21. The second-order valence-electron chi connectivity index (χ2n) is 7.65. The highest BCUT2D eigenvalue weighted by atomic mass is 79.9. The Kier molecular flexibility index (Phi) is 5.75. The molecule has 0 saturated heterocycles. The first-order chi connectivity index (χ1) is 16.1. The van der Waals surface area contributed by atoms with Crippen molar-refractivity contribution in [3.05, 3.63) is 117 Å². The molecule has 0 spiro atoms. The minimum atomic E-state index is -0.218. The maximum absolute atomic E-state index is 13.0. The van der Waals surface area contributed by atoms with Crippen LogP contribution in [0.3, 0.4) is 0 Å². The Morgan fingerprint density at radius 3 is 2.67 bits per heavy atom. The van der Waals surface area contributed by atoms with Crippen LogP contribution in [0.5, 0.6) is 5.75 Å². The number of halogens is 1. The summed E-state index contributed by atoms with van der Waals surface area (Å²) in [6.45, 7) is 2.19. The Morgan fingerprint density at radius 1 is 0.970 bits per heavy atom. The van der Waals surface area contributed by atoms with E-state index in [-0.39, 0.29) is 5.56 Å². The summed E-state index contributed by atoms with van der Waals surface area (Å²) in [7, 11) is 0. The van der Waals surface area contributed by atoms with Gasteiger partial charge in [-0.05, 0) is 53.6 Å². The first kappa shape index (κ1) is 21.1. The third-order valence-corrected chi connectivity index (χ3v) is 5.96. The van der Waals surface area contributed by atoms with E-state index in [1.54, 1.807) is 19.2 Å². The Balaban J connectivity index is 1.46. The monoisotopic (exact) mass is 497 g/mol. The van der Waals surface area contributed by atoms with Crippen LogP contribution in [0.1, 0.15) is 17.0 Å².